The van der Waals surface area contributed by atoms with Gasteiger partial charge >= 0.3 is 0 Å². The summed E-state index contributed by atoms with van der Waals surface area (Å²) >= 11 is 7.12. The molecule has 0 radical (unpaired) electrons. The van der Waals surface area contributed by atoms with Crippen LogP contribution in [0.25, 0.3) is 0 Å². The summed E-state index contributed by atoms with van der Waals surface area (Å²) < 4.78 is 13.2. The number of hydrogen-bond acceptors (Lipinski definition) is 2. The van der Waals surface area contributed by atoms with Gasteiger partial charge in [-0.3, -0.25) is 0 Å². The van der Waals surface area contributed by atoms with E-state index in [0.29, 0.717) is 6.42 Å². The molecule has 17 heavy (non-hydrogen) atoms. The van der Waals surface area contributed by atoms with Crippen molar-refractivity contribution >= 4 is 22.9 Å². The van der Waals surface area contributed by atoms with Crippen molar-refractivity contribution in [3.63, 3.8) is 0 Å². The van der Waals surface area contributed by atoms with E-state index in [4.69, 9.17) is 11.6 Å². The van der Waals surface area contributed by atoms with Crippen molar-refractivity contribution in [1.29, 1.82) is 0 Å². The average molecular weight is 271 g/mol. The van der Waals surface area contributed by atoms with Crippen molar-refractivity contribution in [2.75, 3.05) is 0 Å². The minimum absolute atomic E-state index is 0.107. The predicted octanol–water partition coefficient (Wildman–Crippen LogP) is 4.13. The lowest BCUT2D eigenvalue weighted by Crippen LogP contribution is -2.01. The Morgan fingerprint density at radius 2 is 2.18 bits per heavy atom. The molecule has 0 fully saturated rings. The van der Waals surface area contributed by atoms with E-state index in [1.807, 2.05) is 18.4 Å². The van der Waals surface area contributed by atoms with Gasteiger partial charge in [-0.25, -0.2) is 4.39 Å². The van der Waals surface area contributed by atoms with Crippen LogP contribution >= 0.6 is 22.9 Å². The van der Waals surface area contributed by atoms with Crippen LogP contribution < -0.4 is 0 Å². The van der Waals surface area contributed by atoms with Gasteiger partial charge in [0.25, 0.3) is 0 Å². The van der Waals surface area contributed by atoms with Crippen LogP contribution in [0.5, 0.6) is 0 Å². The lowest BCUT2D eigenvalue weighted by molar-refractivity contribution is 0.181. The first-order valence-electron chi connectivity index (χ1n) is 5.24. The van der Waals surface area contributed by atoms with Gasteiger partial charge in [-0.2, -0.15) is 0 Å². The molecule has 1 aromatic heterocycles. The monoisotopic (exact) mass is 270 g/mol. The summed E-state index contributed by atoms with van der Waals surface area (Å²) in [5.41, 5.74) is 1.81. The Hall–Kier alpha value is -0.900. The zero-order valence-electron chi connectivity index (χ0n) is 9.28. The number of thiophene rings is 1. The molecule has 1 unspecified atom stereocenters. The molecule has 1 heterocycles. The van der Waals surface area contributed by atoms with Gasteiger partial charge < -0.3 is 5.11 Å². The molecule has 0 saturated carbocycles. The number of aliphatic hydroxyl groups is 1. The second kappa shape index (κ2) is 5.17. The Bertz CT molecular complexity index is 524. The van der Waals surface area contributed by atoms with Crippen LogP contribution in [0.15, 0.2) is 29.6 Å². The van der Waals surface area contributed by atoms with Crippen LogP contribution in [0.1, 0.15) is 22.1 Å². The molecular weight excluding hydrogens is 259 g/mol. The maximum Gasteiger partial charge on any atom is 0.142 e. The van der Waals surface area contributed by atoms with Gasteiger partial charge in [-0.15, -0.1) is 11.3 Å². The molecule has 2 aromatic rings. The summed E-state index contributed by atoms with van der Waals surface area (Å²) in [6, 6.07) is 6.58. The van der Waals surface area contributed by atoms with E-state index in [-0.39, 0.29) is 5.02 Å². The molecule has 4 heteroatoms. The standard InChI is InChI=1S/C13H12ClFOS/c1-8-4-5-17-13(8)12(16)7-9-2-3-10(14)11(15)6-9/h2-6,12,16H,7H2,1H3. The highest BCUT2D eigenvalue weighted by Gasteiger charge is 2.13. The summed E-state index contributed by atoms with van der Waals surface area (Å²) in [6.07, 6.45) is -0.189. The lowest BCUT2D eigenvalue weighted by atomic mass is 10.1. The molecule has 0 spiro atoms. The zero-order chi connectivity index (χ0) is 12.4. The molecule has 2 rings (SSSR count). The number of aliphatic hydroxyl groups excluding tert-OH is 1. The van der Waals surface area contributed by atoms with Gasteiger partial charge in [0, 0.05) is 11.3 Å². The number of benzene rings is 1. The van der Waals surface area contributed by atoms with Crippen LogP contribution in [0.4, 0.5) is 4.39 Å². The van der Waals surface area contributed by atoms with Gasteiger partial charge in [0.05, 0.1) is 11.1 Å². The van der Waals surface area contributed by atoms with E-state index in [1.54, 1.807) is 6.07 Å². The Morgan fingerprint density at radius 3 is 2.76 bits per heavy atom. The molecule has 1 aromatic carbocycles. The fraction of sp³-hybridized carbons (Fsp3) is 0.231. The van der Waals surface area contributed by atoms with E-state index < -0.39 is 11.9 Å². The second-order valence-corrected chi connectivity index (χ2v) is 5.29. The van der Waals surface area contributed by atoms with E-state index in [9.17, 15) is 9.50 Å². The summed E-state index contributed by atoms with van der Waals surface area (Å²) in [7, 11) is 0. The number of hydrogen-bond donors (Lipinski definition) is 1. The Kier molecular flexibility index (Phi) is 3.82. The van der Waals surface area contributed by atoms with E-state index in [2.05, 4.69) is 0 Å². The van der Waals surface area contributed by atoms with Gasteiger partial charge in [0.1, 0.15) is 5.82 Å². The first kappa shape index (κ1) is 12.6. The van der Waals surface area contributed by atoms with Crippen LogP contribution in [0, 0.1) is 12.7 Å². The largest absolute Gasteiger partial charge is 0.387 e. The molecular formula is C13H12ClFOS. The zero-order valence-corrected chi connectivity index (χ0v) is 10.9. The quantitative estimate of drug-likeness (QED) is 0.889. The minimum Gasteiger partial charge on any atom is -0.387 e. The maximum absolute atomic E-state index is 13.2. The number of aryl methyl sites for hydroxylation is 1. The minimum atomic E-state index is -0.587. The Balaban J connectivity index is 2.16. The maximum atomic E-state index is 13.2. The predicted molar refractivity (Wildman–Crippen MR) is 69.1 cm³/mol. The van der Waals surface area contributed by atoms with Gasteiger partial charge in [-0.1, -0.05) is 17.7 Å². The highest BCUT2D eigenvalue weighted by Crippen LogP contribution is 2.27. The van der Waals surface area contributed by atoms with Gasteiger partial charge in [0.15, 0.2) is 0 Å². The molecule has 90 valence electrons. The third kappa shape index (κ3) is 2.86. The van der Waals surface area contributed by atoms with E-state index >= 15 is 0 Å². The molecule has 1 atom stereocenters. The van der Waals surface area contributed by atoms with Crippen LogP contribution in [0.2, 0.25) is 5.02 Å². The van der Waals surface area contributed by atoms with Crippen molar-refractivity contribution in [2.45, 2.75) is 19.4 Å². The molecule has 0 aliphatic rings. The van der Waals surface area contributed by atoms with E-state index in [1.165, 1.54) is 23.5 Å². The first-order chi connectivity index (χ1) is 8.08. The molecule has 0 aliphatic carbocycles. The molecule has 0 aliphatic heterocycles. The lowest BCUT2D eigenvalue weighted by Gasteiger charge is -2.10. The van der Waals surface area contributed by atoms with Crippen molar-refractivity contribution < 1.29 is 9.50 Å². The smallest absolute Gasteiger partial charge is 0.142 e. The Morgan fingerprint density at radius 1 is 1.41 bits per heavy atom. The van der Waals surface area contributed by atoms with Gasteiger partial charge in [0.2, 0.25) is 0 Å². The number of rotatable bonds is 3. The molecule has 1 N–H and O–H groups in total. The van der Waals surface area contributed by atoms with Crippen LogP contribution in [-0.4, -0.2) is 5.11 Å². The number of halogens is 2. The van der Waals surface area contributed by atoms with Gasteiger partial charge in [-0.05, 0) is 41.6 Å². The summed E-state index contributed by atoms with van der Waals surface area (Å²) in [5.74, 6) is -0.445. The SMILES string of the molecule is Cc1ccsc1C(O)Cc1ccc(Cl)c(F)c1. The molecule has 1 nitrogen and oxygen atoms in total. The van der Waals surface area contributed by atoms with E-state index in [0.717, 1.165) is 16.0 Å². The van der Waals surface area contributed by atoms with Crippen molar-refractivity contribution in [3.8, 4) is 0 Å². The molecule has 0 saturated heterocycles. The summed E-state index contributed by atoms with van der Waals surface area (Å²) in [5, 5.41) is 12.1. The van der Waals surface area contributed by atoms with Crippen molar-refractivity contribution in [2.24, 2.45) is 0 Å². The third-order valence-electron chi connectivity index (χ3n) is 2.62. The van der Waals surface area contributed by atoms with Crippen molar-refractivity contribution in [3.05, 3.63) is 56.5 Å². The first-order valence-corrected chi connectivity index (χ1v) is 6.49. The fourth-order valence-electron chi connectivity index (χ4n) is 1.71. The fourth-order valence-corrected chi connectivity index (χ4v) is 2.74. The Labute approximate surface area is 108 Å². The highest BCUT2D eigenvalue weighted by atomic mass is 35.5. The second-order valence-electron chi connectivity index (χ2n) is 3.94. The van der Waals surface area contributed by atoms with Crippen LogP contribution in [-0.2, 0) is 6.42 Å². The highest BCUT2D eigenvalue weighted by molar-refractivity contribution is 7.10. The molecule has 0 amide bonds. The van der Waals surface area contributed by atoms with Crippen LogP contribution in [0.3, 0.4) is 0 Å². The average Bonchev–Trinajstić information content (AvgIpc) is 2.70. The molecule has 0 bridgehead atoms. The topological polar surface area (TPSA) is 20.2 Å². The summed E-state index contributed by atoms with van der Waals surface area (Å²) in [4.78, 5) is 0.931. The normalized spacial score (nSPS) is 12.7. The van der Waals surface area contributed by atoms with Crippen molar-refractivity contribution in [1.82, 2.24) is 0 Å². The third-order valence-corrected chi connectivity index (χ3v) is 4.04. The summed E-state index contributed by atoms with van der Waals surface area (Å²) in [6.45, 7) is 1.96.